The van der Waals surface area contributed by atoms with E-state index in [9.17, 15) is 0 Å². The van der Waals surface area contributed by atoms with Crippen LogP contribution in [0.1, 0.15) is 16.7 Å². The highest BCUT2D eigenvalue weighted by Crippen LogP contribution is 2.26. The number of benzene rings is 2. The van der Waals surface area contributed by atoms with Gasteiger partial charge < -0.3 is 0 Å². The third-order valence-electron chi connectivity index (χ3n) is 4.09. The molecular formula is C19H21N2+. The first-order valence-corrected chi connectivity index (χ1v) is 7.28. The molecule has 0 atom stereocenters. The van der Waals surface area contributed by atoms with Crippen LogP contribution in [0.2, 0.25) is 0 Å². The molecule has 0 N–H and O–H groups in total. The van der Waals surface area contributed by atoms with Crippen LogP contribution in [0.15, 0.2) is 54.9 Å². The van der Waals surface area contributed by atoms with Gasteiger partial charge in [0.15, 0.2) is 0 Å². The minimum atomic E-state index is 1.19. The van der Waals surface area contributed by atoms with Crippen molar-refractivity contribution in [3.05, 3.63) is 71.5 Å². The molecule has 0 spiro atoms. The molecule has 2 heteroatoms. The van der Waals surface area contributed by atoms with Crippen molar-refractivity contribution < 1.29 is 4.57 Å². The lowest BCUT2D eigenvalue weighted by molar-refractivity contribution is -0.659. The number of rotatable bonds is 2. The van der Waals surface area contributed by atoms with Gasteiger partial charge in [0.1, 0.15) is 18.1 Å². The smallest absolute Gasteiger partial charge is 0.232 e. The average molecular weight is 277 g/mol. The van der Waals surface area contributed by atoms with Gasteiger partial charge in [-0.05, 0) is 55.7 Å². The Morgan fingerprint density at radius 1 is 0.952 bits per heavy atom. The molecule has 2 nitrogen and oxygen atoms in total. The minimum absolute atomic E-state index is 1.19. The molecule has 3 aromatic rings. The first-order chi connectivity index (χ1) is 10.1. The Bertz CT molecular complexity index is 783. The monoisotopic (exact) mass is 277 g/mol. The number of aromatic nitrogens is 2. The second-order valence-electron chi connectivity index (χ2n) is 5.69. The van der Waals surface area contributed by atoms with Crippen molar-refractivity contribution in [3.63, 3.8) is 0 Å². The largest absolute Gasteiger partial charge is 0.294 e. The molecule has 0 radical (unpaired) electrons. The number of hydrogen-bond donors (Lipinski definition) is 0. The predicted octanol–water partition coefficient (Wildman–Crippen LogP) is 3.89. The van der Waals surface area contributed by atoms with Crippen LogP contribution in [0.5, 0.6) is 0 Å². The van der Waals surface area contributed by atoms with Crippen molar-refractivity contribution in [1.82, 2.24) is 4.57 Å². The normalized spacial score (nSPS) is 10.9. The molecule has 106 valence electrons. The van der Waals surface area contributed by atoms with Crippen LogP contribution in [0.4, 0.5) is 0 Å². The number of nitrogens with zero attached hydrogens (tertiary/aromatic N) is 2. The molecule has 0 saturated carbocycles. The second-order valence-corrected chi connectivity index (χ2v) is 5.69. The predicted molar refractivity (Wildman–Crippen MR) is 86.6 cm³/mol. The Balaban J connectivity index is 2.27. The van der Waals surface area contributed by atoms with Crippen molar-refractivity contribution in [1.29, 1.82) is 0 Å². The van der Waals surface area contributed by atoms with Gasteiger partial charge in [-0.2, -0.15) is 4.57 Å². The van der Waals surface area contributed by atoms with E-state index in [1.807, 2.05) is 0 Å². The van der Waals surface area contributed by atoms with Gasteiger partial charge >= 0.3 is 0 Å². The summed E-state index contributed by atoms with van der Waals surface area (Å²) in [7, 11) is 2.10. The molecule has 0 aliphatic rings. The highest BCUT2D eigenvalue weighted by Gasteiger charge is 2.21. The van der Waals surface area contributed by atoms with Gasteiger partial charge in [0.2, 0.25) is 0 Å². The molecule has 1 heterocycles. The Kier molecular flexibility index (Phi) is 3.38. The SMILES string of the molecule is Cc1cc(C)c(C)c(-c2n(-c3ccccc3)cc[n+]2C)c1. The second kappa shape index (κ2) is 5.21. The fourth-order valence-corrected chi connectivity index (χ4v) is 2.87. The molecule has 3 rings (SSSR count). The van der Waals surface area contributed by atoms with E-state index in [4.69, 9.17) is 0 Å². The Labute approximate surface area is 126 Å². The maximum absolute atomic E-state index is 2.27. The van der Waals surface area contributed by atoms with E-state index >= 15 is 0 Å². The summed E-state index contributed by atoms with van der Waals surface area (Å²) in [6.45, 7) is 6.54. The highest BCUT2D eigenvalue weighted by molar-refractivity contribution is 5.63. The van der Waals surface area contributed by atoms with E-state index in [0.717, 1.165) is 0 Å². The number of para-hydroxylation sites is 1. The van der Waals surface area contributed by atoms with Gasteiger partial charge in [-0.1, -0.05) is 24.3 Å². The lowest BCUT2D eigenvalue weighted by Gasteiger charge is -2.09. The van der Waals surface area contributed by atoms with Gasteiger partial charge in [0, 0.05) is 0 Å². The quantitative estimate of drug-likeness (QED) is 0.628. The summed E-state index contributed by atoms with van der Waals surface area (Å²) in [6, 6.07) is 15.0. The number of aryl methyl sites for hydroxylation is 3. The summed E-state index contributed by atoms with van der Waals surface area (Å²) in [4.78, 5) is 0. The molecule has 1 aromatic heterocycles. The Hall–Kier alpha value is -2.35. The van der Waals surface area contributed by atoms with Crippen molar-refractivity contribution >= 4 is 0 Å². The van der Waals surface area contributed by atoms with E-state index in [-0.39, 0.29) is 0 Å². The third kappa shape index (κ3) is 2.38. The average Bonchev–Trinajstić information content (AvgIpc) is 2.85. The lowest BCUT2D eigenvalue weighted by atomic mass is 9.99. The Morgan fingerprint density at radius 3 is 2.38 bits per heavy atom. The maximum Gasteiger partial charge on any atom is 0.294 e. The van der Waals surface area contributed by atoms with Crippen LogP contribution in [-0.4, -0.2) is 4.57 Å². The zero-order valence-corrected chi connectivity index (χ0v) is 13.1. The zero-order valence-electron chi connectivity index (χ0n) is 13.1. The van der Waals surface area contributed by atoms with Gasteiger partial charge in [-0.3, -0.25) is 0 Å². The van der Waals surface area contributed by atoms with Gasteiger partial charge in [0.25, 0.3) is 5.82 Å². The summed E-state index contributed by atoms with van der Waals surface area (Å²) in [5.41, 5.74) is 6.46. The van der Waals surface area contributed by atoms with Crippen LogP contribution in [0.3, 0.4) is 0 Å². The lowest BCUT2D eigenvalue weighted by Crippen LogP contribution is -2.29. The molecule has 0 saturated heterocycles. The molecule has 0 amide bonds. The summed E-state index contributed by atoms with van der Waals surface area (Å²) in [5, 5.41) is 0. The molecule has 0 aliphatic carbocycles. The number of imidazole rings is 1. The molecule has 2 aromatic carbocycles. The topological polar surface area (TPSA) is 8.81 Å². The van der Waals surface area contributed by atoms with Gasteiger partial charge in [-0.15, -0.1) is 0 Å². The highest BCUT2D eigenvalue weighted by atomic mass is 15.1. The third-order valence-corrected chi connectivity index (χ3v) is 4.09. The Morgan fingerprint density at radius 2 is 1.67 bits per heavy atom. The van der Waals surface area contributed by atoms with Crippen molar-refractivity contribution in [2.24, 2.45) is 7.05 Å². The number of hydrogen-bond acceptors (Lipinski definition) is 0. The zero-order chi connectivity index (χ0) is 15.0. The van der Waals surface area contributed by atoms with E-state index < -0.39 is 0 Å². The van der Waals surface area contributed by atoms with Crippen LogP contribution < -0.4 is 4.57 Å². The maximum atomic E-state index is 2.27. The van der Waals surface area contributed by atoms with E-state index in [0.29, 0.717) is 0 Å². The standard InChI is InChI=1S/C19H21N2/c1-14-12-15(2)16(3)18(13-14)19-20(4)10-11-21(19)17-8-6-5-7-9-17/h5-13H,1-4H3/q+1. The van der Waals surface area contributed by atoms with E-state index in [1.54, 1.807) is 0 Å². The van der Waals surface area contributed by atoms with Gasteiger partial charge in [0.05, 0.1) is 12.6 Å². The minimum Gasteiger partial charge on any atom is -0.232 e. The van der Waals surface area contributed by atoms with Crippen LogP contribution in [0, 0.1) is 20.8 Å². The molecule has 0 aliphatic heterocycles. The van der Waals surface area contributed by atoms with Crippen LogP contribution in [0.25, 0.3) is 17.1 Å². The summed E-state index contributed by atoms with van der Waals surface area (Å²) in [6.07, 6.45) is 4.24. The fourth-order valence-electron chi connectivity index (χ4n) is 2.87. The summed E-state index contributed by atoms with van der Waals surface area (Å²) in [5.74, 6) is 1.21. The first kappa shape index (κ1) is 13.6. The molecule has 0 fully saturated rings. The molecule has 21 heavy (non-hydrogen) atoms. The van der Waals surface area contributed by atoms with Crippen LogP contribution in [-0.2, 0) is 7.05 Å². The van der Waals surface area contributed by atoms with E-state index in [2.05, 4.69) is 91.8 Å². The first-order valence-electron chi connectivity index (χ1n) is 7.28. The van der Waals surface area contributed by atoms with Gasteiger partial charge in [-0.25, -0.2) is 4.57 Å². The van der Waals surface area contributed by atoms with Crippen molar-refractivity contribution in [3.8, 4) is 17.1 Å². The molecule has 0 unspecified atom stereocenters. The summed E-state index contributed by atoms with van der Waals surface area (Å²) >= 11 is 0. The van der Waals surface area contributed by atoms with E-state index in [1.165, 1.54) is 33.8 Å². The summed E-state index contributed by atoms with van der Waals surface area (Å²) < 4.78 is 4.44. The molecule has 0 bridgehead atoms. The fraction of sp³-hybridized carbons (Fsp3) is 0.211. The van der Waals surface area contributed by atoms with Crippen LogP contribution >= 0.6 is 0 Å². The molecular weight excluding hydrogens is 256 g/mol. The van der Waals surface area contributed by atoms with Crippen molar-refractivity contribution in [2.75, 3.05) is 0 Å². The van der Waals surface area contributed by atoms with Crippen molar-refractivity contribution in [2.45, 2.75) is 20.8 Å².